The first-order valence-corrected chi connectivity index (χ1v) is 9.90. The van der Waals surface area contributed by atoms with E-state index in [0.29, 0.717) is 28.2 Å². The lowest BCUT2D eigenvalue weighted by molar-refractivity contribution is 0.355. The molecule has 0 amide bonds. The number of para-hydroxylation sites is 1. The molecule has 138 valence electrons. The van der Waals surface area contributed by atoms with Crippen LogP contribution in [0.3, 0.4) is 0 Å². The Bertz CT molecular complexity index is 1060. The average molecular weight is 400 g/mol. The molecule has 0 saturated heterocycles. The summed E-state index contributed by atoms with van der Waals surface area (Å²) in [5, 5.41) is 10.1. The lowest BCUT2D eigenvalue weighted by atomic mass is 10.2. The Labute approximate surface area is 164 Å². The molecule has 2 aromatic carbocycles. The number of fused-ring (bicyclic) bond motifs is 1. The summed E-state index contributed by atoms with van der Waals surface area (Å²) in [6, 6.07) is 13.6. The highest BCUT2D eigenvalue weighted by Crippen LogP contribution is 2.33. The van der Waals surface area contributed by atoms with Gasteiger partial charge in [0.15, 0.2) is 17.3 Å². The van der Waals surface area contributed by atoms with Gasteiger partial charge >= 0.3 is 0 Å². The summed E-state index contributed by atoms with van der Waals surface area (Å²) >= 11 is 3.18. The molecule has 2 aromatic heterocycles. The highest BCUT2D eigenvalue weighted by Gasteiger charge is 2.15. The monoisotopic (exact) mass is 399 g/mol. The van der Waals surface area contributed by atoms with Crippen LogP contribution in [0.1, 0.15) is 5.01 Å². The maximum Gasteiger partial charge on any atom is 0.210 e. The lowest BCUT2D eigenvalue weighted by Gasteiger charge is -2.09. The van der Waals surface area contributed by atoms with E-state index in [-0.39, 0.29) is 0 Å². The molecule has 9 heteroatoms. The van der Waals surface area contributed by atoms with Crippen LogP contribution in [0.5, 0.6) is 11.5 Å². The maximum absolute atomic E-state index is 6.22. The van der Waals surface area contributed by atoms with E-state index in [9.17, 15) is 0 Å². The molecule has 4 rings (SSSR count). The fourth-order valence-electron chi connectivity index (χ4n) is 2.66. The van der Waals surface area contributed by atoms with Crippen LogP contribution in [0.4, 0.5) is 0 Å². The Hall–Kier alpha value is -2.78. The molecule has 0 saturated carbocycles. The minimum Gasteiger partial charge on any atom is -0.493 e. The van der Waals surface area contributed by atoms with E-state index in [1.807, 2.05) is 36.4 Å². The Morgan fingerprint density at radius 1 is 1.07 bits per heavy atom. The molecule has 0 unspecified atom stereocenters. The molecule has 2 heterocycles. The first kappa shape index (κ1) is 17.6. The van der Waals surface area contributed by atoms with E-state index in [1.165, 1.54) is 21.1 Å². The number of benzene rings is 2. The van der Waals surface area contributed by atoms with Gasteiger partial charge in [0.25, 0.3) is 0 Å². The van der Waals surface area contributed by atoms with E-state index < -0.39 is 0 Å². The van der Waals surface area contributed by atoms with Crippen LogP contribution in [0.15, 0.2) is 47.6 Å². The topological polar surface area (TPSA) is 88.1 Å². The number of nitrogens with two attached hydrogens (primary N) is 1. The van der Waals surface area contributed by atoms with Crippen LogP contribution in [-0.2, 0) is 5.75 Å². The Morgan fingerprint density at radius 3 is 2.67 bits per heavy atom. The molecule has 7 nitrogen and oxygen atoms in total. The van der Waals surface area contributed by atoms with Gasteiger partial charge in [-0.25, -0.2) is 9.66 Å². The van der Waals surface area contributed by atoms with Crippen molar-refractivity contribution in [2.75, 3.05) is 20.1 Å². The predicted molar refractivity (Wildman–Crippen MR) is 108 cm³/mol. The Balaban J connectivity index is 1.55. The van der Waals surface area contributed by atoms with E-state index in [0.717, 1.165) is 16.1 Å². The third-order valence-electron chi connectivity index (χ3n) is 3.97. The molecule has 0 bridgehead atoms. The Kier molecular flexibility index (Phi) is 4.87. The number of methoxy groups -OCH3 is 2. The van der Waals surface area contributed by atoms with Gasteiger partial charge in [0.1, 0.15) is 5.01 Å². The maximum atomic E-state index is 6.22. The number of rotatable bonds is 6. The normalized spacial score (nSPS) is 11.0. The molecule has 4 aromatic rings. The van der Waals surface area contributed by atoms with Crippen LogP contribution in [-0.4, -0.2) is 34.1 Å². The number of hydrogen-bond acceptors (Lipinski definition) is 8. The summed E-state index contributed by atoms with van der Waals surface area (Å²) in [5.74, 6) is 8.72. The smallest absolute Gasteiger partial charge is 0.210 e. The second kappa shape index (κ2) is 7.45. The lowest BCUT2D eigenvalue weighted by Crippen LogP contribution is -2.11. The van der Waals surface area contributed by atoms with Crippen molar-refractivity contribution in [3.63, 3.8) is 0 Å². The van der Waals surface area contributed by atoms with E-state index >= 15 is 0 Å². The van der Waals surface area contributed by atoms with Crippen molar-refractivity contribution in [2.45, 2.75) is 10.9 Å². The van der Waals surface area contributed by atoms with Gasteiger partial charge in [-0.15, -0.1) is 21.5 Å². The second-order valence-electron chi connectivity index (χ2n) is 5.61. The number of thiazole rings is 1. The van der Waals surface area contributed by atoms with Crippen molar-refractivity contribution in [1.82, 2.24) is 19.9 Å². The molecular weight excluding hydrogens is 382 g/mol. The highest BCUT2D eigenvalue weighted by molar-refractivity contribution is 7.98. The largest absolute Gasteiger partial charge is 0.493 e. The summed E-state index contributed by atoms with van der Waals surface area (Å²) < 4.78 is 13.3. The molecule has 0 spiro atoms. The predicted octanol–water partition coefficient (Wildman–Crippen LogP) is 3.58. The van der Waals surface area contributed by atoms with Crippen molar-refractivity contribution in [3.8, 4) is 22.9 Å². The van der Waals surface area contributed by atoms with Crippen LogP contribution < -0.4 is 15.3 Å². The molecule has 0 aliphatic carbocycles. The molecule has 0 aliphatic heterocycles. The number of hydrogen-bond donors (Lipinski definition) is 1. The van der Waals surface area contributed by atoms with Gasteiger partial charge in [-0.2, -0.15) is 0 Å². The van der Waals surface area contributed by atoms with Gasteiger partial charge in [0.05, 0.1) is 30.2 Å². The number of nitrogens with zero attached hydrogens (tertiary/aromatic N) is 4. The summed E-state index contributed by atoms with van der Waals surface area (Å²) in [5.41, 5.74) is 1.81. The van der Waals surface area contributed by atoms with Gasteiger partial charge in [-0.1, -0.05) is 23.9 Å². The van der Waals surface area contributed by atoms with Crippen LogP contribution in [0, 0.1) is 0 Å². The van der Waals surface area contributed by atoms with Gasteiger partial charge in [-0.3, -0.25) is 0 Å². The zero-order chi connectivity index (χ0) is 18.8. The molecule has 0 radical (unpaired) electrons. The van der Waals surface area contributed by atoms with E-state index in [1.54, 1.807) is 25.6 Å². The zero-order valence-electron chi connectivity index (χ0n) is 14.7. The van der Waals surface area contributed by atoms with Crippen molar-refractivity contribution in [3.05, 3.63) is 47.5 Å². The van der Waals surface area contributed by atoms with E-state index in [2.05, 4.69) is 21.2 Å². The van der Waals surface area contributed by atoms with Crippen LogP contribution in [0.2, 0.25) is 0 Å². The first-order valence-electron chi connectivity index (χ1n) is 8.09. The third kappa shape index (κ3) is 3.43. The summed E-state index contributed by atoms with van der Waals surface area (Å²) in [7, 11) is 3.19. The zero-order valence-corrected chi connectivity index (χ0v) is 16.4. The van der Waals surface area contributed by atoms with Crippen molar-refractivity contribution >= 4 is 33.3 Å². The Morgan fingerprint density at radius 2 is 1.89 bits per heavy atom. The average Bonchev–Trinajstić information content (AvgIpc) is 3.28. The molecule has 0 aliphatic rings. The van der Waals surface area contributed by atoms with Gasteiger partial charge in [0.2, 0.25) is 5.16 Å². The quantitative estimate of drug-likeness (QED) is 0.392. The summed E-state index contributed by atoms with van der Waals surface area (Å²) in [6.07, 6.45) is 0. The van der Waals surface area contributed by atoms with Gasteiger partial charge in [0, 0.05) is 5.56 Å². The number of ether oxygens (including phenoxy) is 2. The van der Waals surface area contributed by atoms with Crippen molar-refractivity contribution in [2.24, 2.45) is 0 Å². The van der Waals surface area contributed by atoms with E-state index in [4.69, 9.17) is 15.3 Å². The summed E-state index contributed by atoms with van der Waals surface area (Å²) in [4.78, 5) is 4.63. The second-order valence-corrected chi connectivity index (χ2v) is 7.67. The minimum absolute atomic E-state index is 0.558. The molecule has 27 heavy (non-hydrogen) atoms. The number of nitrogen functional groups attached to an aromatic ring is 1. The minimum atomic E-state index is 0.558. The molecular formula is C18H17N5O2S2. The number of aromatic nitrogens is 4. The van der Waals surface area contributed by atoms with Crippen molar-refractivity contribution in [1.29, 1.82) is 0 Å². The third-order valence-corrected chi connectivity index (χ3v) is 6.14. The fraction of sp³-hybridized carbons (Fsp3) is 0.167. The molecule has 2 N–H and O–H groups in total. The SMILES string of the molecule is COc1ccc(-c2nnc(SCc3nc4ccccc4s3)n2N)cc1OC. The highest BCUT2D eigenvalue weighted by atomic mass is 32.2. The van der Waals surface area contributed by atoms with Crippen LogP contribution in [0.25, 0.3) is 21.6 Å². The van der Waals surface area contributed by atoms with Gasteiger partial charge in [-0.05, 0) is 30.3 Å². The first-order chi connectivity index (χ1) is 13.2. The van der Waals surface area contributed by atoms with Gasteiger partial charge < -0.3 is 15.3 Å². The standard InChI is InChI=1S/C18H17N5O2S2/c1-24-13-8-7-11(9-14(13)25-2)17-21-22-18(23(17)19)26-10-16-20-12-5-3-4-6-15(12)27-16/h3-9H,10,19H2,1-2H3. The number of thioether (sulfide) groups is 1. The van der Waals surface area contributed by atoms with Crippen LogP contribution >= 0.6 is 23.1 Å². The molecule has 0 fully saturated rings. The summed E-state index contributed by atoms with van der Waals surface area (Å²) in [6.45, 7) is 0. The van der Waals surface area contributed by atoms with Crippen molar-refractivity contribution < 1.29 is 9.47 Å². The fourth-order valence-corrected chi connectivity index (χ4v) is 4.47. The molecule has 0 atom stereocenters.